The molecule has 0 saturated carbocycles. The van der Waals surface area contributed by atoms with Crippen molar-refractivity contribution in [3.8, 4) is 0 Å². The number of nitrogens with one attached hydrogen (secondary N) is 2. The molecule has 1 aromatic rings. The van der Waals surface area contributed by atoms with Crippen LogP contribution < -0.4 is 10.6 Å². The Morgan fingerprint density at radius 3 is 2.67 bits per heavy atom. The molecule has 8 heteroatoms. The third-order valence-corrected chi connectivity index (χ3v) is 4.31. The van der Waals surface area contributed by atoms with E-state index in [9.17, 15) is 17.2 Å². The average molecular weight is 361 g/mol. The number of nitrogens with zero attached hydrogens (tertiary/aromatic N) is 1. The second-order valence-electron chi connectivity index (χ2n) is 5.69. The summed E-state index contributed by atoms with van der Waals surface area (Å²) in [5.41, 5.74) is 0.278. The number of sulfone groups is 1. The maximum Gasteiger partial charge on any atom is 0.191 e. The Balaban J connectivity index is 2.60. The fourth-order valence-corrected chi connectivity index (χ4v) is 2.83. The van der Waals surface area contributed by atoms with Crippen molar-refractivity contribution in [2.24, 2.45) is 4.99 Å². The van der Waals surface area contributed by atoms with Crippen LogP contribution in [0.5, 0.6) is 0 Å². The molecule has 1 rings (SSSR count). The minimum Gasteiger partial charge on any atom is -0.357 e. The number of aliphatic imine (C=N–C) groups is 1. The van der Waals surface area contributed by atoms with Crippen molar-refractivity contribution in [3.05, 3.63) is 35.4 Å². The summed E-state index contributed by atoms with van der Waals surface area (Å²) in [5, 5.41) is 6.15. The van der Waals surface area contributed by atoms with Gasteiger partial charge < -0.3 is 10.6 Å². The third-order valence-electron chi connectivity index (χ3n) is 3.33. The van der Waals surface area contributed by atoms with Crippen LogP contribution in [0.15, 0.2) is 23.2 Å². The topological polar surface area (TPSA) is 70.6 Å². The van der Waals surface area contributed by atoms with Crippen molar-refractivity contribution in [1.29, 1.82) is 0 Å². The maximum atomic E-state index is 13.6. The number of guanidine groups is 1. The number of benzene rings is 1. The number of rotatable bonds is 8. The lowest BCUT2D eigenvalue weighted by molar-refractivity contribution is 0.499. The predicted molar refractivity (Wildman–Crippen MR) is 93.0 cm³/mol. The second kappa shape index (κ2) is 9.56. The zero-order valence-corrected chi connectivity index (χ0v) is 15.1. The molecule has 136 valence electrons. The van der Waals surface area contributed by atoms with Crippen molar-refractivity contribution in [2.45, 2.75) is 32.7 Å². The molecule has 0 aliphatic heterocycles. The van der Waals surface area contributed by atoms with E-state index in [-0.39, 0.29) is 30.3 Å². The molecule has 0 aliphatic rings. The lowest BCUT2D eigenvalue weighted by Crippen LogP contribution is -2.43. The van der Waals surface area contributed by atoms with Crippen molar-refractivity contribution >= 4 is 15.8 Å². The van der Waals surface area contributed by atoms with Crippen molar-refractivity contribution < 1.29 is 17.2 Å². The van der Waals surface area contributed by atoms with Crippen LogP contribution in [-0.2, 0) is 16.3 Å². The normalized spacial score (nSPS) is 13.6. The van der Waals surface area contributed by atoms with Crippen LogP contribution in [0.1, 0.15) is 25.8 Å². The lowest BCUT2D eigenvalue weighted by atomic mass is 10.1. The molecule has 1 unspecified atom stereocenters. The molecule has 0 bridgehead atoms. The molecule has 0 aromatic heterocycles. The summed E-state index contributed by atoms with van der Waals surface area (Å²) in [7, 11) is -3.01. The van der Waals surface area contributed by atoms with Crippen LogP contribution in [0, 0.1) is 11.6 Å². The van der Waals surface area contributed by atoms with Gasteiger partial charge in [0.05, 0.1) is 5.75 Å². The summed E-state index contributed by atoms with van der Waals surface area (Å²) < 4.78 is 49.1. The van der Waals surface area contributed by atoms with E-state index in [1.165, 1.54) is 18.4 Å². The molecule has 2 N–H and O–H groups in total. The van der Waals surface area contributed by atoms with Gasteiger partial charge in [0.2, 0.25) is 0 Å². The Labute approximate surface area is 142 Å². The van der Waals surface area contributed by atoms with Gasteiger partial charge in [-0.2, -0.15) is 0 Å². The standard InChI is InChI=1S/C16H25F2N3O2S/c1-4-19-16(21-12(2)9-11-24(3,22)23)20-10-8-13-6-5-7-14(17)15(13)18/h5-7,12H,4,8-11H2,1-3H3,(H2,19,20,21). The number of halogens is 2. The van der Waals surface area contributed by atoms with Gasteiger partial charge in [-0.05, 0) is 38.3 Å². The van der Waals surface area contributed by atoms with Crippen LogP contribution in [0.25, 0.3) is 0 Å². The molecular weight excluding hydrogens is 336 g/mol. The second-order valence-corrected chi connectivity index (χ2v) is 7.95. The first kappa shape index (κ1) is 20.3. The molecular formula is C16H25F2N3O2S. The van der Waals surface area contributed by atoms with E-state index in [1.54, 1.807) is 0 Å². The van der Waals surface area contributed by atoms with Crippen LogP contribution >= 0.6 is 0 Å². The SMILES string of the molecule is CCNC(=NCCc1cccc(F)c1F)NC(C)CCS(C)(=O)=O. The highest BCUT2D eigenvalue weighted by Gasteiger charge is 2.10. The van der Waals surface area contributed by atoms with Crippen molar-refractivity contribution in [3.63, 3.8) is 0 Å². The summed E-state index contributed by atoms with van der Waals surface area (Å²) in [6.07, 6.45) is 1.94. The zero-order chi connectivity index (χ0) is 18.2. The fraction of sp³-hybridized carbons (Fsp3) is 0.562. The Morgan fingerprint density at radius 2 is 2.04 bits per heavy atom. The van der Waals surface area contributed by atoms with E-state index in [2.05, 4.69) is 15.6 Å². The predicted octanol–water partition coefficient (Wildman–Crippen LogP) is 1.89. The zero-order valence-electron chi connectivity index (χ0n) is 14.3. The molecule has 5 nitrogen and oxygen atoms in total. The highest BCUT2D eigenvalue weighted by atomic mass is 32.2. The minimum absolute atomic E-state index is 0.0802. The Morgan fingerprint density at radius 1 is 1.33 bits per heavy atom. The van der Waals surface area contributed by atoms with E-state index in [4.69, 9.17) is 0 Å². The molecule has 1 atom stereocenters. The van der Waals surface area contributed by atoms with Crippen LogP contribution in [0.2, 0.25) is 0 Å². The van der Waals surface area contributed by atoms with Gasteiger partial charge in [-0.25, -0.2) is 17.2 Å². The minimum atomic E-state index is -3.01. The molecule has 0 spiro atoms. The summed E-state index contributed by atoms with van der Waals surface area (Å²) >= 11 is 0. The highest BCUT2D eigenvalue weighted by Crippen LogP contribution is 2.11. The molecule has 24 heavy (non-hydrogen) atoms. The first-order valence-electron chi connectivity index (χ1n) is 7.88. The van der Waals surface area contributed by atoms with Gasteiger partial charge in [0.1, 0.15) is 9.84 Å². The third kappa shape index (κ3) is 7.72. The average Bonchev–Trinajstić information content (AvgIpc) is 2.49. The Bertz CT molecular complexity index is 663. The fourth-order valence-electron chi connectivity index (χ4n) is 2.05. The maximum absolute atomic E-state index is 13.6. The van der Waals surface area contributed by atoms with Crippen molar-refractivity contribution in [1.82, 2.24) is 10.6 Å². The van der Waals surface area contributed by atoms with Crippen molar-refractivity contribution in [2.75, 3.05) is 25.1 Å². The molecule has 0 aliphatic carbocycles. The number of hydrogen-bond acceptors (Lipinski definition) is 3. The van der Waals surface area contributed by atoms with Gasteiger partial charge in [-0.15, -0.1) is 0 Å². The Kier molecular flexibility index (Phi) is 8.10. The summed E-state index contributed by atoms with van der Waals surface area (Å²) in [6, 6.07) is 4.00. The van der Waals surface area contributed by atoms with E-state index in [0.29, 0.717) is 18.9 Å². The molecule has 0 fully saturated rings. The smallest absolute Gasteiger partial charge is 0.191 e. The summed E-state index contributed by atoms with van der Waals surface area (Å²) in [5.74, 6) is -1.09. The van der Waals surface area contributed by atoms with Gasteiger partial charge in [-0.1, -0.05) is 12.1 Å². The summed E-state index contributed by atoms with van der Waals surface area (Å²) in [4.78, 5) is 4.32. The first-order valence-corrected chi connectivity index (χ1v) is 9.94. The highest BCUT2D eigenvalue weighted by molar-refractivity contribution is 7.90. The summed E-state index contributed by atoms with van der Waals surface area (Å²) in [6.45, 7) is 4.70. The van der Waals surface area contributed by atoms with Gasteiger partial charge >= 0.3 is 0 Å². The quantitative estimate of drug-likeness (QED) is 0.548. The lowest BCUT2D eigenvalue weighted by Gasteiger charge is -2.17. The van der Waals surface area contributed by atoms with Crippen LogP contribution in [0.3, 0.4) is 0 Å². The van der Waals surface area contributed by atoms with Gasteiger partial charge in [0.25, 0.3) is 0 Å². The van der Waals surface area contributed by atoms with Gasteiger partial charge in [-0.3, -0.25) is 4.99 Å². The van der Waals surface area contributed by atoms with E-state index >= 15 is 0 Å². The molecule has 0 saturated heterocycles. The van der Waals surface area contributed by atoms with Gasteiger partial charge in [0, 0.05) is 25.4 Å². The van der Waals surface area contributed by atoms with E-state index in [1.807, 2.05) is 13.8 Å². The van der Waals surface area contributed by atoms with E-state index < -0.39 is 21.5 Å². The molecule has 1 aromatic carbocycles. The van der Waals surface area contributed by atoms with Crippen LogP contribution in [-0.4, -0.2) is 45.5 Å². The van der Waals surface area contributed by atoms with Crippen LogP contribution in [0.4, 0.5) is 8.78 Å². The van der Waals surface area contributed by atoms with E-state index in [0.717, 1.165) is 6.07 Å². The monoisotopic (exact) mass is 361 g/mol. The molecule has 0 amide bonds. The number of hydrogen-bond donors (Lipinski definition) is 2. The Hall–Kier alpha value is -1.70. The molecule has 0 radical (unpaired) electrons. The van der Waals surface area contributed by atoms with Gasteiger partial charge in [0.15, 0.2) is 17.6 Å². The first-order chi connectivity index (χ1) is 11.2. The largest absolute Gasteiger partial charge is 0.357 e. The molecule has 0 heterocycles.